The average Bonchev–Trinajstić information content (AvgIpc) is 2.78. The van der Waals surface area contributed by atoms with Crippen molar-refractivity contribution in [2.24, 2.45) is 0 Å². The molecule has 0 bridgehead atoms. The maximum atomic E-state index is 11.9. The van der Waals surface area contributed by atoms with Gasteiger partial charge in [0.05, 0.1) is 25.3 Å². The maximum absolute atomic E-state index is 11.9. The number of benzene rings is 1. The van der Waals surface area contributed by atoms with E-state index in [2.05, 4.69) is 5.32 Å². The Labute approximate surface area is 120 Å². The van der Waals surface area contributed by atoms with E-state index in [0.717, 1.165) is 0 Å². The predicted molar refractivity (Wildman–Crippen MR) is 72.2 cm³/mol. The third kappa shape index (κ3) is 4.07. The van der Waals surface area contributed by atoms with E-state index in [1.54, 1.807) is 12.1 Å². The monoisotopic (exact) mass is 296 g/mol. The number of β-amino-alcohol motifs (C(OH)–C–C–N with tert-alkyl or cyclic N) is 2. The summed E-state index contributed by atoms with van der Waals surface area (Å²) in [6.45, 7) is -0.283. The molecule has 0 aromatic heterocycles. The average molecular weight is 296 g/mol. The second-order valence-corrected chi connectivity index (χ2v) is 4.68. The zero-order valence-electron chi connectivity index (χ0n) is 11.1. The fraction of sp³-hybridized carbons (Fsp3) is 0.385. The lowest BCUT2D eigenvalue weighted by Crippen LogP contribution is -2.33. The first-order valence-electron chi connectivity index (χ1n) is 6.32. The summed E-state index contributed by atoms with van der Waals surface area (Å²) < 4.78 is 4.97. The number of aliphatic carboxylic acids is 1. The predicted octanol–water partition coefficient (Wildman–Crippen LogP) is -0.281. The van der Waals surface area contributed by atoms with Crippen molar-refractivity contribution in [1.82, 2.24) is 4.90 Å². The van der Waals surface area contributed by atoms with Gasteiger partial charge < -0.3 is 30.3 Å². The van der Waals surface area contributed by atoms with Gasteiger partial charge in [-0.1, -0.05) is 0 Å². The Hall–Kier alpha value is -2.32. The number of ether oxygens (including phenoxy) is 1. The Kier molecular flexibility index (Phi) is 4.61. The molecule has 1 fully saturated rings. The SMILES string of the molecule is O=C(O)COc1ccc(NC(=O)N2CC(O)C(O)C2)cc1. The van der Waals surface area contributed by atoms with Crippen LogP contribution in [0.15, 0.2) is 24.3 Å². The quantitative estimate of drug-likeness (QED) is 0.606. The normalized spacial score (nSPS) is 21.1. The van der Waals surface area contributed by atoms with E-state index >= 15 is 0 Å². The second kappa shape index (κ2) is 6.42. The van der Waals surface area contributed by atoms with Gasteiger partial charge in [-0.25, -0.2) is 9.59 Å². The molecule has 2 rings (SSSR count). The van der Waals surface area contributed by atoms with Gasteiger partial charge in [-0.15, -0.1) is 0 Å². The number of carboxylic acid groups (broad SMARTS) is 1. The van der Waals surface area contributed by atoms with Crippen LogP contribution >= 0.6 is 0 Å². The fourth-order valence-electron chi connectivity index (χ4n) is 1.92. The van der Waals surface area contributed by atoms with Crippen LogP contribution in [-0.4, -0.2) is 64.1 Å². The van der Waals surface area contributed by atoms with E-state index in [4.69, 9.17) is 9.84 Å². The van der Waals surface area contributed by atoms with Crippen LogP contribution in [0, 0.1) is 0 Å². The van der Waals surface area contributed by atoms with Crippen LogP contribution in [0.3, 0.4) is 0 Å². The van der Waals surface area contributed by atoms with Crippen molar-refractivity contribution in [2.45, 2.75) is 12.2 Å². The molecule has 8 heteroatoms. The third-order valence-electron chi connectivity index (χ3n) is 3.01. The van der Waals surface area contributed by atoms with Crippen LogP contribution in [0.1, 0.15) is 0 Å². The Morgan fingerprint density at radius 1 is 1.19 bits per heavy atom. The summed E-state index contributed by atoms with van der Waals surface area (Å²) in [6, 6.07) is 5.78. The fourth-order valence-corrected chi connectivity index (χ4v) is 1.92. The number of rotatable bonds is 4. The van der Waals surface area contributed by atoms with Crippen molar-refractivity contribution in [3.05, 3.63) is 24.3 Å². The number of nitrogens with one attached hydrogen (secondary N) is 1. The van der Waals surface area contributed by atoms with Gasteiger partial charge in [0.2, 0.25) is 0 Å². The minimum Gasteiger partial charge on any atom is -0.482 e. The summed E-state index contributed by atoms with van der Waals surface area (Å²) >= 11 is 0. The Morgan fingerprint density at radius 2 is 1.76 bits per heavy atom. The first-order chi connectivity index (χ1) is 9.95. The van der Waals surface area contributed by atoms with E-state index in [1.165, 1.54) is 17.0 Å². The highest BCUT2D eigenvalue weighted by Gasteiger charge is 2.32. The third-order valence-corrected chi connectivity index (χ3v) is 3.01. The van der Waals surface area contributed by atoms with Crippen LogP contribution in [0.25, 0.3) is 0 Å². The first kappa shape index (κ1) is 15.1. The highest BCUT2D eigenvalue weighted by Crippen LogP contribution is 2.17. The number of nitrogens with zero attached hydrogens (tertiary/aromatic N) is 1. The van der Waals surface area contributed by atoms with E-state index in [9.17, 15) is 19.8 Å². The van der Waals surface area contributed by atoms with Crippen LogP contribution in [0.2, 0.25) is 0 Å². The van der Waals surface area contributed by atoms with Gasteiger partial charge in [-0.2, -0.15) is 0 Å². The number of carbonyl (C=O) groups is 2. The van der Waals surface area contributed by atoms with Crippen molar-refractivity contribution in [3.8, 4) is 5.75 Å². The molecule has 1 saturated heterocycles. The van der Waals surface area contributed by atoms with Gasteiger partial charge >= 0.3 is 12.0 Å². The lowest BCUT2D eigenvalue weighted by atomic mass is 10.3. The molecule has 0 saturated carbocycles. The molecular formula is C13H16N2O6. The Bertz CT molecular complexity index is 508. The molecule has 8 nitrogen and oxygen atoms in total. The molecule has 21 heavy (non-hydrogen) atoms. The summed E-state index contributed by atoms with van der Waals surface area (Å²) in [5.41, 5.74) is 0.499. The lowest BCUT2D eigenvalue weighted by molar-refractivity contribution is -0.139. The summed E-state index contributed by atoms with van der Waals surface area (Å²) in [7, 11) is 0. The molecule has 1 aliphatic rings. The Morgan fingerprint density at radius 3 is 2.29 bits per heavy atom. The largest absolute Gasteiger partial charge is 0.482 e. The van der Waals surface area contributed by atoms with Crippen molar-refractivity contribution < 1.29 is 29.6 Å². The van der Waals surface area contributed by atoms with Crippen molar-refractivity contribution in [3.63, 3.8) is 0 Å². The van der Waals surface area contributed by atoms with Gasteiger partial charge in [0.1, 0.15) is 5.75 Å². The highest BCUT2D eigenvalue weighted by atomic mass is 16.5. The van der Waals surface area contributed by atoms with Crippen LogP contribution < -0.4 is 10.1 Å². The molecular weight excluding hydrogens is 280 g/mol. The molecule has 114 valence electrons. The molecule has 2 amide bonds. The summed E-state index contributed by atoms with van der Waals surface area (Å²) in [5.74, 6) is -0.694. The van der Waals surface area contributed by atoms with Gasteiger partial charge in [-0.05, 0) is 24.3 Å². The molecule has 1 aliphatic heterocycles. The molecule has 1 aromatic carbocycles. The highest BCUT2D eigenvalue weighted by molar-refractivity contribution is 5.89. The number of hydrogen-bond acceptors (Lipinski definition) is 5. The van der Waals surface area contributed by atoms with Crippen LogP contribution in [-0.2, 0) is 4.79 Å². The minimum atomic E-state index is -1.07. The molecule has 2 unspecified atom stereocenters. The van der Waals surface area contributed by atoms with Gasteiger partial charge in [-0.3, -0.25) is 0 Å². The van der Waals surface area contributed by atoms with E-state index < -0.39 is 30.8 Å². The molecule has 1 aromatic rings. The number of carbonyl (C=O) groups excluding carboxylic acids is 1. The number of amides is 2. The molecule has 2 atom stereocenters. The van der Waals surface area contributed by atoms with Crippen molar-refractivity contribution in [2.75, 3.05) is 25.0 Å². The van der Waals surface area contributed by atoms with Gasteiger partial charge in [0.15, 0.2) is 6.61 Å². The van der Waals surface area contributed by atoms with E-state index in [1.807, 2.05) is 0 Å². The molecule has 0 radical (unpaired) electrons. The first-order valence-corrected chi connectivity index (χ1v) is 6.32. The smallest absolute Gasteiger partial charge is 0.341 e. The zero-order chi connectivity index (χ0) is 15.4. The zero-order valence-corrected chi connectivity index (χ0v) is 11.1. The number of anilines is 1. The van der Waals surface area contributed by atoms with E-state index in [-0.39, 0.29) is 13.1 Å². The molecule has 1 heterocycles. The Balaban J connectivity index is 1.88. The summed E-state index contributed by atoms with van der Waals surface area (Å²) in [5, 5.41) is 29.9. The van der Waals surface area contributed by atoms with Crippen LogP contribution in [0.5, 0.6) is 5.75 Å². The number of urea groups is 1. The van der Waals surface area contributed by atoms with Crippen LogP contribution in [0.4, 0.5) is 10.5 Å². The van der Waals surface area contributed by atoms with E-state index in [0.29, 0.717) is 11.4 Å². The van der Waals surface area contributed by atoms with Gasteiger partial charge in [0, 0.05) is 5.69 Å². The van der Waals surface area contributed by atoms with Crippen molar-refractivity contribution in [1.29, 1.82) is 0 Å². The lowest BCUT2D eigenvalue weighted by Gasteiger charge is -2.16. The number of carboxylic acids is 1. The molecule has 4 N–H and O–H groups in total. The second-order valence-electron chi connectivity index (χ2n) is 4.68. The summed E-state index contributed by atoms with van der Waals surface area (Å²) in [6.07, 6.45) is -1.86. The molecule has 0 spiro atoms. The topological polar surface area (TPSA) is 119 Å². The summed E-state index contributed by atoms with van der Waals surface area (Å²) in [4.78, 5) is 23.6. The number of aliphatic hydroxyl groups is 2. The standard InChI is InChI=1S/C13H16N2O6/c16-10-5-15(6-11(10)17)13(20)14-8-1-3-9(4-2-8)21-7-12(18)19/h1-4,10-11,16-17H,5-7H2,(H,14,20)(H,18,19). The maximum Gasteiger partial charge on any atom is 0.341 e. The minimum absolute atomic E-state index is 0.0762. The van der Waals surface area contributed by atoms with Gasteiger partial charge in [0.25, 0.3) is 0 Å². The van der Waals surface area contributed by atoms with Crippen molar-refractivity contribution >= 4 is 17.7 Å². The molecule has 0 aliphatic carbocycles. The number of likely N-dealkylation sites (tertiary alicyclic amines) is 1. The number of hydrogen-bond donors (Lipinski definition) is 4. The number of aliphatic hydroxyl groups excluding tert-OH is 2.